The van der Waals surface area contributed by atoms with Gasteiger partial charge in [0.1, 0.15) is 10.8 Å². The van der Waals surface area contributed by atoms with Gasteiger partial charge in [0.05, 0.1) is 13.7 Å². The van der Waals surface area contributed by atoms with Gasteiger partial charge in [0, 0.05) is 5.56 Å². The number of methoxy groups -OCH3 is 1. The first-order valence-corrected chi connectivity index (χ1v) is 5.27. The van der Waals surface area contributed by atoms with Crippen LogP contribution < -0.4 is 4.74 Å². The van der Waals surface area contributed by atoms with E-state index in [9.17, 15) is 14.3 Å². The number of aliphatic hydroxyl groups is 1. The Morgan fingerprint density at radius 1 is 1.59 bits per heavy atom. The van der Waals surface area contributed by atoms with Crippen LogP contribution in [0.5, 0.6) is 5.75 Å². The number of carbonyl (C=O) groups is 1. The van der Waals surface area contributed by atoms with E-state index in [4.69, 9.17) is 16.3 Å². The molecule has 0 aliphatic heterocycles. The van der Waals surface area contributed by atoms with Crippen LogP contribution in [0.25, 0.3) is 0 Å². The highest BCUT2D eigenvalue weighted by atomic mass is 35.5. The molecule has 0 aliphatic rings. The normalized spacial score (nSPS) is 12.1. The fraction of sp³-hybridized carbons (Fsp3) is 0.364. The highest BCUT2D eigenvalue weighted by molar-refractivity contribution is 6.32. The zero-order valence-corrected chi connectivity index (χ0v) is 10.1. The molecule has 94 valence electrons. The van der Waals surface area contributed by atoms with Gasteiger partial charge in [-0.15, -0.1) is 0 Å². The zero-order chi connectivity index (χ0) is 13.0. The summed E-state index contributed by atoms with van der Waals surface area (Å²) in [5, 5.41) is 9.29. The van der Waals surface area contributed by atoms with Crippen LogP contribution in [0.3, 0.4) is 0 Å². The van der Waals surface area contributed by atoms with Gasteiger partial charge in [-0.3, -0.25) is 0 Å². The van der Waals surface area contributed by atoms with Crippen molar-refractivity contribution < 1.29 is 23.8 Å². The maximum absolute atomic E-state index is 13.7. The molecule has 17 heavy (non-hydrogen) atoms. The topological polar surface area (TPSA) is 55.8 Å². The predicted octanol–water partition coefficient (Wildman–Crippen LogP) is 2.08. The van der Waals surface area contributed by atoms with E-state index in [-0.39, 0.29) is 22.9 Å². The molecule has 1 N–H and O–H groups in total. The second-order valence-electron chi connectivity index (χ2n) is 3.14. The van der Waals surface area contributed by atoms with Crippen molar-refractivity contribution in [3.8, 4) is 5.75 Å². The molecular weight excluding hydrogens is 251 g/mol. The summed E-state index contributed by atoms with van der Waals surface area (Å²) in [4.78, 5) is 11.2. The molecule has 0 spiro atoms. The second kappa shape index (κ2) is 5.84. The molecule has 1 unspecified atom stereocenters. The van der Waals surface area contributed by atoms with Crippen molar-refractivity contribution in [2.45, 2.75) is 13.0 Å². The van der Waals surface area contributed by atoms with Crippen molar-refractivity contribution >= 4 is 17.6 Å². The molecule has 0 fully saturated rings. The fourth-order valence-electron chi connectivity index (χ4n) is 1.26. The third-order valence-corrected chi connectivity index (χ3v) is 2.45. The molecule has 0 heterocycles. The molecule has 0 bridgehead atoms. The first-order chi connectivity index (χ1) is 8.02. The molecule has 0 radical (unpaired) electrons. The van der Waals surface area contributed by atoms with Crippen molar-refractivity contribution in [3.05, 3.63) is 28.5 Å². The molecule has 0 aliphatic carbocycles. The maximum Gasteiger partial charge on any atom is 0.339 e. The van der Waals surface area contributed by atoms with Gasteiger partial charge < -0.3 is 14.6 Å². The highest BCUT2D eigenvalue weighted by Crippen LogP contribution is 2.32. The van der Waals surface area contributed by atoms with Crippen molar-refractivity contribution in [3.63, 3.8) is 0 Å². The SMILES string of the molecule is CCOC(=O)C(O)c1ccc(OC)c(Cl)c1F. The summed E-state index contributed by atoms with van der Waals surface area (Å²) in [7, 11) is 1.34. The van der Waals surface area contributed by atoms with Gasteiger partial charge in [0.2, 0.25) is 0 Å². The van der Waals surface area contributed by atoms with E-state index in [0.717, 1.165) is 0 Å². The number of ether oxygens (including phenoxy) is 2. The third-order valence-electron chi connectivity index (χ3n) is 2.10. The number of aliphatic hydroxyl groups excluding tert-OH is 1. The minimum Gasteiger partial charge on any atom is -0.495 e. The lowest BCUT2D eigenvalue weighted by atomic mass is 10.1. The molecule has 0 aromatic heterocycles. The van der Waals surface area contributed by atoms with E-state index >= 15 is 0 Å². The van der Waals surface area contributed by atoms with Crippen LogP contribution >= 0.6 is 11.6 Å². The van der Waals surface area contributed by atoms with Crippen molar-refractivity contribution in [2.75, 3.05) is 13.7 Å². The molecule has 6 heteroatoms. The number of esters is 1. The van der Waals surface area contributed by atoms with E-state index in [0.29, 0.717) is 0 Å². The number of hydrogen-bond donors (Lipinski definition) is 1. The quantitative estimate of drug-likeness (QED) is 0.844. The van der Waals surface area contributed by atoms with Crippen LogP contribution in [0.15, 0.2) is 12.1 Å². The lowest BCUT2D eigenvalue weighted by molar-refractivity contribution is -0.153. The van der Waals surface area contributed by atoms with Crippen LogP contribution in [0.1, 0.15) is 18.6 Å². The van der Waals surface area contributed by atoms with E-state index in [1.807, 2.05) is 0 Å². The number of benzene rings is 1. The van der Waals surface area contributed by atoms with Crippen LogP contribution in [0.2, 0.25) is 5.02 Å². The van der Waals surface area contributed by atoms with Crippen molar-refractivity contribution in [1.29, 1.82) is 0 Å². The van der Waals surface area contributed by atoms with Crippen molar-refractivity contribution in [1.82, 2.24) is 0 Å². The summed E-state index contributed by atoms with van der Waals surface area (Å²) >= 11 is 5.66. The number of hydrogen-bond acceptors (Lipinski definition) is 4. The minimum absolute atomic E-state index is 0.0986. The van der Waals surface area contributed by atoms with Crippen LogP contribution in [-0.2, 0) is 9.53 Å². The average molecular weight is 263 g/mol. The number of carbonyl (C=O) groups excluding carboxylic acids is 1. The molecule has 1 rings (SSSR count). The fourth-order valence-corrected chi connectivity index (χ4v) is 1.51. The van der Waals surface area contributed by atoms with Gasteiger partial charge in [0.25, 0.3) is 0 Å². The highest BCUT2D eigenvalue weighted by Gasteiger charge is 2.24. The Morgan fingerprint density at radius 2 is 2.24 bits per heavy atom. The van der Waals surface area contributed by atoms with Crippen LogP contribution in [0.4, 0.5) is 4.39 Å². The summed E-state index contributed by atoms with van der Waals surface area (Å²) in [6.07, 6.45) is -1.70. The van der Waals surface area contributed by atoms with Crippen LogP contribution in [-0.4, -0.2) is 24.8 Å². The summed E-state index contributed by atoms with van der Waals surface area (Å²) in [5.41, 5.74) is -0.241. The van der Waals surface area contributed by atoms with E-state index in [1.165, 1.54) is 19.2 Å². The Bertz CT molecular complexity index is 422. The number of rotatable bonds is 4. The molecule has 1 aromatic rings. The Labute approximate surface area is 103 Å². The standard InChI is InChI=1S/C11H12ClFO4/c1-3-17-11(15)10(14)6-4-5-7(16-2)8(12)9(6)13/h4-5,10,14H,3H2,1-2H3. The Balaban J connectivity index is 3.07. The van der Waals surface area contributed by atoms with Gasteiger partial charge in [-0.2, -0.15) is 0 Å². The maximum atomic E-state index is 13.7. The smallest absolute Gasteiger partial charge is 0.339 e. The first-order valence-electron chi connectivity index (χ1n) is 4.89. The lowest BCUT2D eigenvalue weighted by Crippen LogP contribution is -2.16. The van der Waals surface area contributed by atoms with E-state index in [1.54, 1.807) is 6.92 Å². The summed E-state index contributed by atoms with van der Waals surface area (Å²) in [6.45, 7) is 1.68. The second-order valence-corrected chi connectivity index (χ2v) is 3.52. The molecule has 1 atom stereocenters. The zero-order valence-electron chi connectivity index (χ0n) is 9.37. The molecular formula is C11H12ClFO4. The summed E-state index contributed by atoms with van der Waals surface area (Å²) in [6, 6.07) is 2.59. The van der Waals surface area contributed by atoms with Crippen molar-refractivity contribution in [2.24, 2.45) is 0 Å². The van der Waals surface area contributed by atoms with Gasteiger partial charge >= 0.3 is 5.97 Å². The minimum atomic E-state index is -1.70. The number of halogens is 2. The Kier molecular flexibility index (Phi) is 4.72. The average Bonchev–Trinajstić information content (AvgIpc) is 2.32. The Hall–Kier alpha value is -1.33. The van der Waals surface area contributed by atoms with Gasteiger partial charge in [-0.25, -0.2) is 9.18 Å². The predicted molar refractivity (Wildman–Crippen MR) is 59.6 cm³/mol. The third kappa shape index (κ3) is 2.87. The van der Waals surface area contributed by atoms with Gasteiger partial charge in [0.15, 0.2) is 11.9 Å². The summed E-state index contributed by atoms with van der Waals surface area (Å²) in [5.74, 6) is -1.69. The Morgan fingerprint density at radius 3 is 2.76 bits per heavy atom. The van der Waals surface area contributed by atoms with Gasteiger partial charge in [-0.1, -0.05) is 11.6 Å². The largest absolute Gasteiger partial charge is 0.495 e. The van der Waals surface area contributed by atoms with E-state index in [2.05, 4.69) is 4.74 Å². The molecule has 0 saturated carbocycles. The van der Waals surface area contributed by atoms with E-state index < -0.39 is 17.9 Å². The monoisotopic (exact) mass is 262 g/mol. The summed E-state index contributed by atoms with van der Waals surface area (Å²) < 4.78 is 23.1. The molecule has 1 aromatic carbocycles. The van der Waals surface area contributed by atoms with Crippen LogP contribution in [0, 0.1) is 5.82 Å². The molecule has 0 saturated heterocycles. The molecule has 4 nitrogen and oxygen atoms in total. The molecule has 0 amide bonds. The first kappa shape index (κ1) is 13.7. The van der Waals surface area contributed by atoms with Gasteiger partial charge in [-0.05, 0) is 19.1 Å². The lowest BCUT2D eigenvalue weighted by Gasteiger charge is -2.13.